The minimum atomic E-state index is -3.91. The zero-order chi connectivity index (χ0) is 10.1. The van der Waals surface area contributed by atoms with Crippen molar-refractivity contribution < 1.29 is 17.6 Å². The van der Waals surface area contributed by atoms with Crippen LogP contribution in [0.3, 0.4) is 0 Å². The molecule has 0 aliphatic carbocycles. The second kappa shape index (κ2) is 3.43. The van der Waals surface area contributed by atoms with Gasteiger partial charge < -0.3 is 0 Å². The van der Waals surface area contributed by atoms with Gasteiger partial charge in [0.2, 0.25) is 0 Å². The summed E-state index contributed by atoms with van der Waals surface area (Å²) in [5.74, 6) is -0.779. The number of carbonyl (C=O) groups excluding carboxylic acids is 1. The van der Waals surface area contributed by atoms with Gasteiger partial charge in [-0.15, -0.1) is 0 Å². The van der Waals surface area contributed by atoms with E-state index in [9.17, 15) is 17.6 Å². The van der Waals surface area contributed by atoms with E-state index >= 15 is 0 Å². The average molecular weight is 223 g/mol. The summed E-state index contributed by atoms with van der Waals surface area (Å²) >= 11 is 0. The first-order chi connectivity index (χ1) is 5.95. The fourth-order valence-electron chi connectivity index (χ4n) is 0.764. The molecule has 0 bridgehead atoms. The van der Waals surface area contributed by atoms with E-state index in [0.717, 1.165) is 18.2 Å². The van der Waals surface area contributed by atoms with E-state index in [1.807, 2.05) is 0 Å². The van der Waals surface area contributed by atoms with Crippen molar-refractivity contribution in [3.8, 4) is 0 Å². The molecule has 6 heteroatoms. The van der Waals surface area contributed by atoms with Gasteiger partial charge in [0.15, 0.2) is 6.29 Å². The summed E-state index contributed by atoms with van der Waals surface area (Å²) in [7, 11) is 1.07. The number of hydrogen-bond donors (Lipinski definition) is 0. The Bertz CT molecular complexity index is 441. The molecule has 13 heavy (non-hydrogen) atoms. The summed E-state index contributed by atoms with van der Waals surface area (Å²) in [5.41, 5.74) is -0.332. The van der Waals surface area contributed by atoms with Crippen molar-refractivity contribution in [1.82, 2.24) is 0 Å². The maximum Gasteiger partial charge on any atom is 0.261 e. The quantitative estimate of drug-likeness (QED) is 0.564. The van der Waals surface area contributed by atoms with Crippen molar-refractivity contribution >= 4 is 26.0 Å². The van der Waals surface area contributed by atoms with Gasteiger partial charge >= 0.3 is 0 Å². The monoisotopic (exact) mass is 222 g/mol. The summed E-state index contributed by atoms with van der Waals surface area (Å²) in [6.07, 6.45) is 0.223. The Morgan fingerprint density at radius 3 is 2.46 bits per heavy atom. The number of hydrogen-bond acceptors (Lipinski definition) is 3. The maximum absolute atomic E-state index is 12.7. The zero-order valence-electron chi connectivity index (χ0n) is 6.20. The number of aldehydes is 1. The topological polar surface area (TPSA) is 51.2 Å². The van der Waals surface area contributed by atoms with Crippen LogP contribution in [-0.2, 0) is 9.05 Å². The summed E-state index contributed by atoms with van der Waals surface area (Å²) in [5, 5.41) is 0. The Kier molecular flexibility index (Phi) is 2.68. The van der Waals surface area contributed by atoms with Crippen molar-refractivity contribution in [2.45, 2.75) is 4.90 Å². The van der Waals surface area contributed by atoms with E-state index in [2.05, 4.69) is 0 Å². The van der Waals surface area contributed by atoms with Crippen LogP contribution < -0.4 is 0 Å². The van der Waals surface area contributed by atoms with E-state index in [-0.39, 0.29) is 16.7 Å². The van der Waals surface area contributed by atoms with Crippen LogP contribution in [0.2, 0.25) is 0 Å². The second-order valence-corrected chi connectivity index (χ2v) is 4.80. The molecule has 0 atom stereocenters. The molecule has 0 saturated carbocycles. The largest absolute Gasteiger partial charge is 0.298 e. The third-order valence-electron chi connectivity index (χ3n) is 1.38. The lowest BCUT2D eigenvalue weighted by molar-refractivity contribution is 0.111. The van der Waals surface area contributed by atoms with Crippen molar-refractivity contribution in [2.24, 2.45) is 0 Å². The van der Waals surface area contributed by atoms with E-state index in [4.69, 9.17) is 10.7 Å². The van der Waals surface area contributed by atoms with Crippen LogP contribution in [0.4, 0.5) is 4.39 Å². The fraction of sp³-hybridized carbons (Fsp3) is 0. The third-order valence-corrected chi connectivity index (χ3v) is 2.73. The predicted octanol–water partition coefficient (Wildman–Crippen LogP) is 1.57. The summed E-state index contributed by atoms with van der Waals surface area (Å²) in [6.45, 7) is 0. The standard InChI is InChI=1S/C7H4ClFO3S/c8-13(11,12)6-1-2-7(9)5(3-6)4-10/h1-4H. The Hall–Kier alpha value is -0.940. The first-order valence-corrected chi connectivity index (χ1v) is 5.45. The Morgan fingerprint density at radius 1 is 1.38 bits per heavy atom. The zero-order valence-corrected chi connectivity index (χ0v) is 7.77. The molecule has 0 spiro atoms. The highest BCUT2D eigenvalue weighted by Gasteiger charge is 2.12. The van der Waals surface area contributed by atoms with Crippen LogP contribution in [0.25, 0.3) is 0 Å². The third kappa shape index (κ3) is 2.26. The first-order valence-electron chi connectivity index (χ1n) is 3.14. The lowest BCUT2D eigenvalue weighted by Crippen LogP contribution is -1.94. The average Bonchev–Trinajstić information content (AvgIpc) is 2.03. The summed E-state index contributed by atoms with van der Waals surface area (Å²) in [4.78, 5) is 9.93. The molecule has 0 aromatic heterocycles. The molecular weight excluding hydrogens is 219 g/mol. The highest BCUT2D eigenvalue weighted by molar-refractivity contribution is 8.13. The van der Waals surface area contributed by atoms with Gasteiger partial charge in [0.1, 0.15) is 5.82 Å². The van der Waals surface area contributed by atoms with Gasteiger partial charge in [0, 0.05) is 10.7 Å². The van der Waals surface area contributed by atoms with Crippen LogP contribution in [0.15, 0.2) is 23.1 Å². The lowest BCUT2D eigenvalue weighted by Gasteiger charge is -1.97. The first kappa shape index (κ1) is 10.1. The highest BCUT2D eigenvalue weighted by Crippen LogP contribution is 2.17. The minimum absolute atomic E-state index is 0.223. The Labute approximate surface area is 78.6 Å². The minimum Gasteiger partial charge on any atom is -0.298 e. The number of carbonyl (C=O) groups is 1. The second-order valence-electron chi connectivity index (χ2n) is 2.24. The predicted molar refractivity (Wildman–Crippen MR) is 44.8 cm³/mol. The molecule has 1 aromatic carbocycles. The SMILES string of the molecule is O=Cc1cc(S(=O)(=O)Cl)ccc1F. The normalized spacial score (nSPS) is 11.2. The molecule has 0 fully saturated rings. The van der Waals surface area contributed by atoms with Gasteiger partial charge in [0.05, 0.1) is 10.5 Å². The van der Waals surface area contributed by atoms with E-state index in [0.29, 0.717) is 0 Å². The van der Waals surface area contributed by atoms with Crippen LogP contribution in [0, 0.1) is 5.82 Å². The van der Waals surface area contributed by atoms with Crippen molar-refractivity contribution in [1.29, 1.82) is 0 Å². The van der Waals surface area contributed by atoms with Crippen LogP contribution in [0.1, 0.15) is 10.4 Å². The van der Waals surface area contributed by atoms with Crippen molar-refractivity contribution in [3.05, 3.63) is 29.6 Å². The fourth-order valence-corrected chi connectivity index (χ4v) is 1.55. The Morgan fingerprint density at radius 2 is 2.00 bits per heavy atom. The molecule has 1 aromatic rings. The number of benzene rings is 1. The van der Waals surface area contributed by atoms with Crippen LogP contribution in [-0.4, -0.2) is 14.7 Å². The van der Waals surface area contributed by atoms with Gasteiger partial charge in [-0.25, -0.2) is 12.8 Å². The van der Waals surface area contributed by atoms with Crippen molar-refractivity contribution in [2.75, 3.05) is 0 Å². The molecule has 0 heterocycles. The summed E-state index contributed by atoms with van der Waals surface area (Å²) in [6, 6.07) is 2.74. The van der Waals surface area contributed by atoms with Gasteiger partial charge in [-0.2, -0.15) is 0 Å². The molecule has 0 amide bonds. The van der Waals surface area contributed by atoms with Gasteiger partial charge in [-0.05, 0) is 18.2 Å². The highest BCUT2D eigenvalue weighted by atomic mass is 35.7. The van der Waals surface area contributed by atoms with Gasteiger partial charge in [-0.1, -0.05) is 0 Å². The molecule has 0 unspecified atom stereocenters. The van der Waals surface area contributed by atoms with Gasteiger partial charge in [-0.3, -0.25) is 4.79 Å². The molecule has 0 aliphatic heterocycles. The molecule has 3 nitrogen and oxygen atoms in total. The van der Waals surface area contributed by atoms with Crippen LogP contribution >= 0.6 is 10.7 Å². The molecule has 1 rings (SSSR count). The number of halogens is 2. The van der Waals surface area contributed by atoms with E-state index in [1.165, 1.54) is 0 Å². The molecule has 0 aliphatic rings. The molecule has 70 valence electrons. The van der Waals surface area contributed by atoms with Crippen LogP contribution in [0.5, 0.6) is 0 Å². The molecule has 0 saturated heterocycles. The van der Waals surface area contributed by atoms with Gasteiger partial charge in [0.25, 0.3) is 9.05 Å². The Balaban J connectivity index is 3.38. The molecular formula is C7H4ClFO3S. The molecule has 0 N–H and O–H groups in total. The summed E-state index contributed by atoms with van der Waals surface area (Å²) < 4.78 is 34.2. The molecule has 0 radical (unpaired) electrons. The van der Waals surface area contributed by atoms with E-state index < -0.39 is 14.9 Å². The lowest BCUT2D eigenvalue weighted by atomic mass is 10.2. The maximum atomic E-state index is 12.7. The number of rotatable bonds is 2. The smallest absolute Gasteiger partial charge is 0.261 e. The van der Waals surface area contributed by atoms with Crippen molar-refractivity contribution in [3.63, 3.8) is 0 Å². The van der Waals surface area contributed by atoms with E-state index in [1.54, 1.807) is 0 Å².